The van der Waals surface area contributed by atoms with Crippen LogP contribution in [0.5, 0.6) is 0 Å². The van der Waals surface area contributed by atoms with Gasteiger partial charge in [-0.3, -0.25) is 10.1 Å². The molecule has 0 aromatic heterocycles. The number of anilines is 1. The highest BCUT2D eigenvalue weighted by Gasteiger charge is 2.09. The fourth-order valence-corrected chi connectivity index (χ4v) is 2.06. The van der Waals surface area contributed by atoms with Gasteiger partial charge in [-0.05, 0) is 48.5 Å². The summed E-state index contributed by atoms with van der Waals surface area (Å²) in [7, 11) is 0. The van der Waals surface area contributed by atoms with Gasteiger partial charge in [0.1, 0.15) is 0 Å². The topological polar surface area (TPSA) is 81.3 Å². The minimum Gasteiger partial charge on any atom is -0.545 e. The number of benzene rings is 2. The van der Waals surface area contributed by atoms with Crippen LogP contribution in [0.3, 0.4) is 0 Å². The maximum Gasteiger partial charge on any atom is 0.257 e. The fourth-order valence-electron chi connectivity index (χ4n) is 1.85. The molecule has 0 aliphatic carbocycles. The Kier molecular flexibility index (Phi) is 4.85. The Hall–Kier alpha value is -2.73. The van der Waals surface area contributed by atoms with Gasteiger partial charge < -0.3 is 15.2 Å². The van der Waals surface area contributed by atoms with Crippen molar-refractivity contribution in [3.8, 4) is 0 Å². The van der Waals surface area contributed by atoms with Crippen LogP contribution in [0, 0.1) is 6.92 Å². The summed E-state index contributed by atoms with van der Waals surface area (Å²) >= 11 is 5.07. The summed E-state index contributed by atoms with van der Waals surface area (Å²) in [4.78, 5) is 22.7. The third-order valence-corrected chi connectivity index (χ3v) is 3.20. The summed E-state index contributed by atoms with van der Waals surface area (Å²) in [6.07, 6.45) is 0. The van der Waals surface area contributed by atoms with E-state index in [0.29, 0.717) is 11.3 Å². The smallest absolute Gasteiger partial charge is 0.257 e. The zero-order valence-corrected chi connectivity index (χ0v) is 12.6. The number of carbonyl (C=O) groups is 2. The first-order chi connectivity index (χ1) is 10.5. The van der Waals surface area contributed by atoms with Crippen LogP contribution in [0.2, 0.25) is 0 Å². The highest BCUT2D eigenvalue weighted by molar-refractivity contribution is 7.80. The number of amides is 1. The van der Waals surface area contributed by atoms with Gasteiger partial charge in [-0.25, -0.2) is 0 Å². The Labute approximate surface area is 133 Å². The van der Waals surface area contributed by atoms with E-state index in [1.165, 1.54) is 24.3 Å². The van der Waals surface area contributed by atoms with Crippen molar-refractivity contribution in [1.82, 2.24) is 5.32 Å². The maximum atomic E-state index is 12.1. The summed E-state index contributed by atoms with van der Waals surface area (Å²) < 4.78 is 0. The zero-order valence-electron chi connectivity index (χ0n) is 11.8. The predicted molar refractivity (Wildman–Crippen MR) is 85.6 cm³/mol. The number of hydrogen-bond donors (Lipinski definition) is 2. The Morgan fingerprint density at radius 2 is 1.68 bits per heavy atom. The van der Waals surface area contributed by atoms with Crippen LogP contribution in [0.1, 0.15) is 26.3 Å². The quantitative estimate of drug-likeness (QED) is 0.839. The van der Waals surface area contributed by atoms with Gasteiger partial charge >= 0.3 is 0 Å². The van der Waals surface area contributed by atoms with E-state index in [9.17, 15) is 14.7 Å². The van der Waals surface area contributed by atoms with E-state index in [4.69, 9.17) is 12.2 Å². The van der Waals surface area contributed by atoms with E-state index in [1.54, 1.807) is 12.1 Å². The molecule has 1 amide bonds. The molecular formula is C16H13N2O3S-. The molecule has 0 saturated heterocycles. The number of rotatable bonds is 3. The standard InChI is InChI=1S/C16H14N2O3S/c1-10-4-2-3-5-13(10)14(19)18-16(22)17-12-8-6-11(7-9-12)15(20)21/h2-9H,1H3,(H,20,21)(H2,17,18,19,22)/p-1. The molecule has 2 aromatic rings. The number of aryl methyl sites for hydroxylation is 1. The monoisotopic (exact) mass is 313 g/mol. The van der Waals surface area contributed by atoms with Gasteiger partial charge in [0.2, 0.25) is 0 Å². The lowest BCUT2D eigenvalue weighted by Gasteiger charge is -2.11. The van der Waals surface area contributed by atoms with Crippen molar-refractivity contribution in [3.63, 3.8) is 0 Å². The molecule has 2 aromatic carbocycles. The first kappa shape index (κ1) is 15.7. The molecule has 0 heterocycles. The van der Waals surface area contributed by atoms with Crippen molar-refractivity contribution in [2.24, 2.45) is 0 Å². The normalized spacial score (nSPS) is 9.86. The molecule has 0 spiro atoms. The van der Waals surface area contributed by atoms with Crippen molar-refractivity contribution in [2.45, 2.75) is 6.92 Å². The molecule has 0 atom stereocenters. The van der Waals surface area contributed by atoms with Gasteiger partial charge in [0.25, 0.3) is 5.91 Å². The van der Waals surface area contributed by atoms with E-state index in [-0.39, 0.29) is 16.6 Å². The zero-order chi connectivity index (χ0) is 16.1. The molecule has 0 fully saturated rings. The number of carboxylic acids is 1. The van der Waals surface area contributed by atoms with Crippen molar-refractivity contribution in [3.05, 3.63) is 65.2 Å². The van der Waals surface area contributed by atoms with Gasteiger partial charge in [-0.2, -0.15) is 0 Å². The first-order valence-electron chi connectivity index (χ1n) is 6.47. The molecule has 0 radical (unpaired) electrons. The van der Waals surface area contributed by atoms with Crippen LogP contribution in [0.25, 0.3) is 0 Å². The Morgan fingerprint density at radius 3 is 2.27 bits per heavy atom. The summed E-state index contributed by atoms with van der Waals surface area (Å²) in [5.41, 5.74) is 2.03. The van der Waals surface area contributed by atoms with Crippen molar-refractivity contribution >= 4 is 34.9 Å². The van der Waals surface area contributed by atoms with Crippen LogP contribution >= 0.6 is 12.2 Å². The van der Waals surface area contributed by atoms with E-state index in [0.717, 1.165) is 5.56 Å². The molecule has 2 N–H and O–H groups in total. The lowest BCUT2D eigenvalue weighted by atomic mass is 10.1. The summed E-state index contributed by atoms with van der Waals surface area (Å²) in [5, 5.41) is 16.2. The second-order valence-electron chi connectivity index (χ2n) is 4.59. The van der Waals surface area contributed by atoms with Gasteiger partial charge in [0.15, 0.2) is 5.11 Å². The number of aromatic carboxylic acids is 1. The average molecular weight is 313 g/mol. The lowest BCUT2D eigenvalue weighted by Crippen LogP contribution is -2.34. The largest absolute Gasteiger partial charge is 0.545 e. The number of carboxylic acid groups (broad SMARTS) is 1. The van der Waals surface area contributed by atoms with Gasteiger partial charge in [-0.15, -0.1) is 0 Å². The Bertz CT molecular complexity index is 726. The van der Waals surface area contributed by atoms with Crippen LogP contribution in [-0.4, -0.2) is 17.0 Å². The van der Waals surface area contributed by atoms with E-state index >= 15 is 0 Å². The second-order valence-corrected chi connectivity index (χ2v) is 5.00. The summed E-state index contributed by atoms with van der Waals surface area (Å²) in [6, 6.07) is 13.0. The number of nitrogens with one attached hydrogen (secondary N) is 2. The van der Waals surface area contributed by atoms with Crippen molar-refractivity contribution in [1.29, 1.82) is 0 Å². The van der Waals surface area contributed by atoms with Crippen LogP contribution in [-0.2, 0) is 0 Å². The predicted octanol–water partition coefficient (Wildman–Crippen LogP) is 1.49. The first-order valence-corrected chi connectivity index (χ1v) is 6.87. The van der Waals surface area contributed by atoms with Crippen LogP contribution in [0.4, 0.5) is 5.69 Å². The van der Waals surface area contributed by atoms with Crippen molar-refractivity contribution in [2.75, 3.05) is 5.32 Å². The molecular weight excluding hydrogens is 300 g/mol. The minimum absolute atomic E-state index is 0.0698. The Balaban J connectivity index is 1.99. The molecule has 0 aliphatic rings. The van der Waals surface area contributed by atoms with Crippen LogP contribution in [0.15, 0.2) is 48.5 Å². The van der Waals surface area contributed by atoms with E-state index in [1.807, 2.05) is 19.1 Å². The number of carbonyl (C=O) groups excluding carboxylic acids is 2. The fraction of sp³-hybridized carbons (Fsp3) is 0.0625. The molecule has 112 valence electrons. The molecule has 22 heavy (non-hydrogen) atoms. The Morgan fingerprint density at radius 1 is 1.05 bits per heavy atom. The second kappa shape index (κ2) is 6.82. The molecule has 0 saturated carbocycles. The van der Waals surface area contributed by atoms with Crippen LogP contribution < -0.4 is 15.7 Å². The van der Waals surface area contributed by atoms with Gasteiger partial charge in [0, 0.05) is 11.3 Å². The van der Waals surface area contributed by atoms with E-state index < -0.39 is 5.97 Å². The molecule has 0 unspecified atom stereocenters. The third-order valence-electron chi connectivity index (χ3n) is 3.00. The van der Waals surface area contributed by atoms with Gasteiger partial charge in [-0.1, -0.05) is 30.3 Å². The SMILES string of the molecule is Cc1ccccc1C(=O)NC(=S)Nc1ccc(C(=O)[O-])cc1. The summed E-state index contributed by atoms with van der Waals surface area (Å²) in [5.74, 6) is -1.55. The number of thiocarbonyl (C=S) groups is 1. The lowest BCUT2D eigenvalue weighted by molar-refractivity contribution is -0.255. The van der Waals surface area contributed by atoms with Gasteiger partial charge in [0.05, 0.1) is 5.97 Å². The molecule has 5 nitrogen and oxygen atoms in total. The number of hydrogen-bond acceptors (Lipinski definition) is 4. The maximum absolute atomic E-state index is 12.1. The molecule has 2 rings (SSSR count). The highest BCUT2D eigenvalue weighted by atomic mass is 32.1. The summed E-state index contributed by atoms with van der Waals surface area (Å²) in [6.45, 7) is 1.84. The average Bonchev–Trinajstić information content (AvgIpc) is 2.48. The van der Waals surface area contributed by atoms with Crippen molar-refractivity contribution < 1.29 is 14.7 Å². The minimum atomic E-state index is -1.25. The molecule has 0 bridgehead atoms. The molecule has 0 aliphatic heterocycles. The van der Waals surface area contributed by atoms with E-state index in [2.05, 4.69) is 10.6 Å². The third kappa shape index (κ3) is 3.89. The highest BCUT2D eigenvalue weighted by Crippen LogP contribution is 2.10. The molecule has 6 heteroatoms.